The van der Waals surface area contributed by atoms with Crippen LogP contribution in [-0.2, 0) is 13.2 Å². The van der Waals surface area contributed by atoms with Gasteiger partial charge in [0.15, 0.2) is 0 Å². The zero-order valence-corrected chi connectivity index (χ0v) is 12.5. The molecule has 2 rings (SSSR count). The highest BCUT2D eigenvalue weighted by molar-refractivity contribution is 7.07. The molecule has 0 radical (unpaired) electrons. The number of nitrogens with one attached hydrogen (secondary N) is 1. The summed E-state index contributed by atoms with van der Waals surface area (Å²) in [5, 5.41) is 5.49. The number of benzene rings is 1. The summed E-state index contributed by atoms with van der Waals surface area (Å²) in [4.78, 5) is 4.22. The Balaban J connectivity index is 1.99. The summed E-state index contributed by atoms with van der Waals surface area (Å²) in [5.41, 5.74) is 4.07. The lowest BCUT2D eigenvalue weighted by atomic mass is 10.1. The van der Waals surface area contributed by atoms with Crippen molar-refractivity contribution in [1.82, 2.24) is 10.3 Å². The Morgan fingerprint density at radius 3 is 2.74 bits per heavy atom. The van der Waals surface area contributed by atoms with Gasteiger partial charge in [-0.1, -0.05) is 18.2 Å². The summed E-state index contributed by atoms with van der Waals surface area (Å²) in [5.74, 6) is 0.923. The van der Waals surface area contributed by atoms with Gasteiger partial charge < -0.3 is 10.1 Å². The van der Waals surface area contributed by atoms with Gasteiger partial charge in [-0.3, -0.25) is 0 Å². The molecule has 1 N–H and O–H groups in total. The van der Waals surface area contributed by atoms with Gasteiger partial charge in [0.25, 0.3) is 0 Å². The molecule has 0 fully saturated rings. The van der Waals surface area contributed by atoms with E-state index in [1.165, 1.54) is 5.56 Å². The van der Waals surface area contributed by atoms with Crippen molar-refractivity contribution in [3.8, 4) is 5.75 Å². The number of nitrogens with zero attached hydrogens (tertiary/aromatic N) is 1. The van der Waals surface area contributed by atoms with Crippen molar-refractivity contribution in [2.24, 2.45) is 0 Å². The molecule has 0 aliphatic carbocycles. The quantitative estimate of drug-likeness (QED) is 0.906. The van der Waals surface area contributed by atoms with Gasteiger partial charge in [-0.15, -0.1) is 11.3 Å². The summed E-state index contributed by atoms with van der Waals surface area (Å²) in [6, 6.07) is 8.13. The SMILES string of the molecule is CC(C)(C)NCc1ccccc1OCc1cscn1. The Bertz CT molecular complexity index is 503. The standard InChI is InChI=1S/C15H20N2OS/c1-15(2,3)17-8-12-6-4-5-7-14(12)18-9-13-10-19-11-16-13/h4-7,10-11,17H,8-9H2,1-3H3. The molecule has 1 aromatic heterocycles. The third-order valence-corrected chi connectivity index (χ3v) is 3.28. The van der Waals surface area contributed by atoms with Gasteiger partial charge in [-0.2, -0.15) is 0 Å². The van der Waals surface area contributed by atoms with Crippen molar-refractivity contribution in [1.29, 1.82) is 0 Å². The van der Waals surface area contributed by atoms with Gasteiger partial charge in [0.2, 0.25) is 0 Å². The average molecular weight is 276 g/mol. The van der Waals surface area contributed by atoms with Gasteiger partial charge in [-0.05, 0) is 26.8 Å². The molecule has 2 aromatic rings. The van der Waals surface area contributed by atoms with Crippen molar-refractivity contribution in [3.05, 3.63) is 46.4 Å². The Hall–Kier alpha value is -1.39. The van der Waals surface area contributed by atoms with E-state index in [4.69, 9.17) is 4.74 Å². The highest BCUT2D eigenvalue weighted by Crippen LogP contribution is 2.20. The maximum Gasteiger partial charge on any atom is 0.131 e. The summed E-state index contributed by atoms with van der Waals surface area (Å²) in [7, 11) is 0. The van der Waals surface area contributed by atoms with E-state index in [0.717, 1.165) is 18.0 Å². The van der Waals surface area contributed by atoms with Crippen LogP contribution in [0.25, 0.3) is 0 Å². The maximum absolute atomic E-state index is 5.85. The topological polar surface area (TPSA) is 34.1 Å². The fourth-order valence-corrected chi connectivity index (χ4v) is 2.15. The van der Waals surface area contributed by atoms with E-state index in [0.29, 0.717) is 6.61 Å². The molecule has 4 heteroatoms. The molecule has 0 saturated carbocycles. The summed E-state index contributed by atoms with van der Waals surface area (Å²) >= 11 is 1.59. The smallest absolute Gasteiger partial charge is 0.131 e. The molecule has 0 aliphatic rings. The Kier molecular flexibility index (Phi) is 4.56. The monoisotopic (exact) mass is 276 g/mol. The summed E-state index contributed by atoms with van der Waals surface area (Å²) in [6.45, 7) is 7.80. The minimum absolute atomic E-state index is 0.0992. The first-order chi connectivity index (χ1) is 9.04. The van der Waals surface area contributed by atoms with Gasteiger partial charge >= 0.3 is 0 Å². The van der Waals surface area contributed by atoms with Gasteiger partial charge in [0.1, 0.15) is 12.4 Å². The fourth-order valence-electron chi connectivity index (χ4n) is 1.61. The molecule has 102 valence electrons. The van der Waals surface area contributed by atoms with Crippen LogP contribution >= 0.6 is 11.3 Å². The Morgan fingerprint density at radius 1 is 1.26 bits per heavy atom. The van der Waals surface area contributed by atoms with Crippen LogP contribution in [0.1, 0.15) is 32.0 Å². The molecule has 0 spiro atoms. The zero-order valence-electron chi connectivity index (χ0n) is 11.6. The molecular weight excluding hydrogens is 256 g/mol. The number of thiazole rings is 1. The molecule has 0 saturated heterocycles. The van der Waals surface area contributed by atoms with Crippen LogP contribution in [-0.4, -0.2) is 10.5 Å². The van der Waals surface area contributed by atoms with Crippen molar-refractivity contribution in [3.63, 3.8) is 0 Å². The second kappa shape index (κ2) is 6.17. The number of para-hydroxylation sites is 1. The Morgan fingerprint density at radius 2 is 2.05 bits per heavy atom. The third-order valence-electron chi connectivity index (χ3n) is 2.64. The second-order valence-corrected chi connectivity index (χ2v) is 6.20. The van der Waals surface area contributed by atoms with Crippen molar-refractivity contribution < 1.29 is 4.74 Å². The average Bonchev–Trinajstić information content (AvgIpc) is 2.87. The normalized spacial score (nSPS) is 11.5. The minimum Gasteiger partial charge on any atom is -0.487 e. The molecule has 0 aliphatic heterocycles. The van der Waals surface area contributed by atoms with Crippen LogP contribution in [0.4, 0.5) is 0 Å². The number of ether oxygens (including phenoxy) is 1. The molecule has 1 aromatic carbocycles. The highest BCUT2D eigenvalue weighted by Gasteiger charge is 2.10. The molecule has 1 heterocycles. The highest BCUT2D eigenvalue weighted by atomic mass is 32.1. The lowest BCUT2D eigenvalue weighted by Crippen LogP contribution is -2.35. The largest absolute Gasteiger partial charge is 0.487 e. The second-order valence-electron chi connectivity index (χ2n) is 5.48. The molecule has 19 heavy (non-hydrogen) atoms. The zero-order chi connectivity index (χ0) is 13.7. The van der Waals surface area contributed by atoms with Crippen LogP contribution in [0.3, 0.4) is 0 Å². The number of hydrogen-bond donors (Lipinski definition) is 1. The molecule has 3 nitrogen and oxygen atoms in total. The van der Waals surface area contributed by atoms with Crippen LogP contribution < -0.4 is 10.1 Å². The van der Waals surface area contributed by atoms with Crippen LogP contribution in [0, 0.1) is 0 Å². The van der Waals surface area contributed by atoms with Crippen molar-refractivity contribution in [2.75, 3.05) is 0 Å². The molecule has 0 atom stereocenters. The summed E-state index contributed by atoms with van der Waals surface area (Å²) in [6.07, 6.45) is 0. The molecule has 0 amide bonds. The number of hydrogen-bond acceptors (Lipinski definition) is 4. The fraction of sp³-hybridized carbons (Fsp3) is 0.400. The van der Waals surface area contributed by atoms with E-state index < -0.39 is 0 Å². The van der Waals surface area contributed by atoms with Crippen LogP contribution in [0.5, 0.6) is 5.75 Å². The van der Waals surface area contributed by atoms with Crippen LogP contribution in [0.2, 0.25) is 0 Å². The lowest BCUT2D eigenvalue weighted by molar-refractivity contribution is 0.296. The number of aromatic nitrogens is 1. The summed E-state index contributed by atoms with van der Waals surface area (Å²) < 4.78 is 5.85. The molecule has 0 unspecified atom stereocenters. The predicted molar refractivity (Wildman–Crippen MR) is 79.5 cm³/mol. The van der Waals surface area contributed by atoms with Gasteiger partial charge in [0.05, 0.1) is 11.2 Å². The lowest BCUT2D eigenvalue weighted by Gasteiger charge is -2.21. The third kappa shape index (κ3) is 4.65. The van der Waals surface area contributed by atoms with E-state index in [-0.39, 0.29) is 5.54 Å². The molecule has 0 bridgehead atoms. The number of rotatable bonds is 5. The van der Waals surface area contributed by atoms with E-state index >= 15 is 0 Å². The van der Waals surface area contributed by atoms with Crippen molar-refractivity contribution >= 4 is 11.3 Å². The van der Waals surface area contributed by atoms with Crippen LogP contribution in [0.15, 0.2) is 35.2 Å². The van der Waals surface area contributed by atoms with Gasteiger partial charge in [-0.25, -0.2) is 4.98 Å². The van der Waals surface area contributed by atoms with E-state index in [9.17, 15) is 0 Å². The van der Waals surface area contributed by atoms with E-state index in [1.807, 2.05) is 29.1 Å². The molecular formula is C15H20N2OS. The van der Waals surface area contributed by atoms with Crippen molar-refractivity contribution in [2.45, 2.75) is 39.5 Å². The Labute approximate surface area is 118 Å². The van der Waals surface area contributed by atoms with Gasteiger partial charge in [0, 0.05) is 23.0 Å². The first-order valence-electron chi connectivity index (χ1n) is 6.37. The first-order valence-corrected chi connectivity index (χ1v) is 7.32. The van der Waals surface area contributed by atoms with E-state index in [2.05, 4.69) is 37.1 Å². The first kappa shape index (κ1) is 14.0. The van der Waals surface area contributed by atoms with E-state index in [1.54, 1.807) is 11.3 Å². The predicted octanol–water partition coefficient (Wildman–Crippen LogP) is 3.61. The maximum atomic E-state index is 5.85. The minimum atomic E-state index is 0.0992.